The largest absolute Gasteiger partial charge is 0.310 e. The average Bonchev–Trinajstić information content (AvgIpc) is 1.53. The Balaban J connectivity index is 0.000000152. The second-order valence-electron chi connectivity index (χ2n) is 36.4. The zero-order valence-corrected chi connectivity index (χ0v) is 71.5. The van der Waals surface area contributed by atoms with Crippen molar-refractivity contribution in [2.75, 3.05) is 19.6 Å². The summed E-state index contributed by atoms with van der Waals surface area (Å²) in [6.07, 6.45) is 13.4. The maximum atomic E-state index is 2.51. The summed E-state index contributed by atoms with van der Waals surface area (Å²) < 4.78 is 0. The predicted molar refractivity (Wildman–Crippen MR) is 522 cm³/mol. The highest BCUT2D eigenvalue weighted by atomic mass is 15.2. The first kappa shape index (κ1) is 76.1. The summed E-state index contributed by atoms with van der Waals surface area (Å²) in [5.74, 6) is 1.37. The monoisotopic (exact) mass is 1580 g/mol. The smallest absolute Gasteiger partial charge is 0.0468 e. The molecule has 22 rings (SSSR count). The molecule has 596 valence electrons. The minimum absolute atomic E-state index is 0.221. The second kappa shape index (κ2) is 31.1. The summed E-state index contributed by atoms with van der Waals surface area (Å²) in [5.41, 5.74) is 32.6. The van der Waals surface area contributed by atoms with Crippen molar-refractivity contribution >= 4 is 133 Å². The van der Waals surface area contributed by atoms with Crippen molar-refractivity contribution in [3.05, 3.63) is 407 Å². The lowest BCUT2D eigenvalue weighted by Gasteiger charge is -2.28. The van der Waals surface area contributed by atoms with Gasteiger partial charge in [0.05, 0.1) is 0 Å². The number of aryl methyl sites for hydroxylation is 4. The van der Waals surface area contributed by atoms with Crippen LogP contribution in [0.15, 0.2) is 352 Å². The van der Waals surface area contributed by atoms with Gasteiger partial charge in [-0.2, -0.15) is 0 Å². The van der Waals surface area contributed by atoms with Gasteiger partial charge in [0.1, 0.15) is 0 Å². The van der Waals surface area contributed by atoms with Crippen molar-refractivity contribution in [1.29, 1.82) is 0 Å². The Kier molecular flexibility index (Phi) is 19.4. The normalized spacial score (nSPS) is 14.6. The number of benzene rings is 18. The highest BCUT2D eigenvalue weighted by Gasteiger charge is 2.41. The van der Waals surface area contributed by atoms with Gasteiger partial charge in [0.15, 0.2) is 0 Å². The highest BCUT2D eigenvalue weighted by molar-refractivity contribution is 6.22. The number of fused-ring (bicyclic) bond motifs is 18. The lowest BCUT2D eigenvalue weighted by molar-refractivity contribution is 0.443. The predicted octanol–water partition coefficient (Wildman–Crippen LogP) is 34.1. The van der Waals surface area contributed by atoms with E-state index in [1.54, 1.807) is 0 Å². The van der Waals surface area contributed by atoms with Crippen LogP contribution in [0.5, 0.6) is 0 Å². The molecule has 4 aliphatic carbocycles. The van der Waals surface area contributed by atoms with Crippen molar-refractivity contribution in [1.82, 2.24) is 0 Å². The van der Waals surface area contributed by atoms with Crippen LogP contribution in [0.3, 0.4) is 0 Å². The third-order valence-corrected chi connectivity index (χ3v) is 27.8. The van der Waals surface area contributed by atoms with E-state index in [1.165, 1.54) is 241 Å². The fourth-order valence-corrected chi connectivity index (χ4v) is 21.4. The van der Waals surface area contributed by atoms with Crippen LogP contribution in [-0.4, -0.2) is 0 Å². The number of para-hydroxylation sites is 2. The average molecular weight is 1580 g/mol. The molecule has 0 unspecified atom stereocenters. The molecule has 18 aromatic rings. The van der Waals surface area contributed by atoms with Crippen LogP contribution >= 0.6 is 0 Å². The van der Waals surface area contributed by atoms with Crippen LogP contribution in [0.4, 0.5) is 68.2 Å². The molecule has 4 heteroatoms. The van der Waals surface area contributed by atoms with Crippen molar-refractivity contribution < 1.29 is 0 Å². The Morgan fingerprint density at radius 1 is 0.213 bits per heavy atom. The van der Waals surface area contributed by atoms with Gasteiger partial charge in [-0.15, -0.1) is 0 Å². The van der Waals surface area contributed by atoms with E-state index in [4.69, 9.17) is 0 Å². The summed E-state index contributed by atoms with van der Waals surface area (Å²) in [5, 5.41) is 15.5. The van der Waals surface area contributed by atoms with Gasteiger partial charge in [0.25, 0.3) is 0 Å². The van der Waals surface area contributed by atoms with Crippen LogP contribution in [0.25, 0.3) is 86.9 Å². The molecule has 0 aromatic heterocycles. The molecule has 0 radical (unpaired) electrons. The Bertz CT molecular complexity index is 6920. The first-order valence-corrected chi connectivity index (χ1v) is 44.6. The Morgan fingerprint density at radius 3 is 0.811 bits per heavy atom. The number of hydrogen-bond acceptors (Lipinski definition) is 4. The first-order valence-electron chi connectivity index (χ1n) is 44.6. The van der Waals surface area contributed by atoms with E-state index in [9.17, 15) is 0 Å². The van der Waals surface area contributed by atoms with E-state index in [0.717, 1.165) is 34.1 Å². The van der Waals surface area contributed by atoms with Gasteiger partial charge in [-0.05, 0) is 355 Å². The van der Waals surface area contributed by atoms with E-state index in [2.05, 4.69) is 427 Å². The van der Waals surface area contributed by atoms with Crippen LogP contribution in [-0.2, 0) is 10.8 Å². The Morgan fingerprint density at radius 2 is 0.484 bits per heavy atom. The minimum Gasteiger partial charge on any atom is -0.310 e. The molecule has 18 aromatic carbocycles. The lowest BCUT2D eigenvalue weighted by Crippen LogP contribution is -2.16. The summed E-state index contributed by atoms with van der Waals surface area (Å²) >= 11 is 0. The minimum atomic E-state index is -0.222. The third-order valence-electron chi connectivity index (χ3n) is 27.8. The first-order chi connectivity index (χ1) is 59.6. The molecular weight excluding hydrogens is 1470 g/mol. The third kappa shape index (κ3) is 13.5. The fourth-order valence-electron chi connectivity index (χ4n) is 21.4. The van der Waals surface area contributed by atoms with Crippen molar-refractivity contribution in [3.63, 3.8) is 0 Å². The van der Waals surface area contributed by atoms with Crippen LogP contribution in [0.2, 0.25) is 0 Å². The molecule has 2 fully saturated rings. The second-order valence-corrected chi connectivity index (χ2v) is 36.4. The van der Waals surface area contributed by atoms with Crippen molar-refractivity contribution in [2.24, 2.45) is 0 Å². The molecule has 4 aliphatic rings. The highest BCUT2D eigenvalue weighted by Crippen LogP contribution is 2.59. The maximum absolute atomic E-state index is 2.51. The lowest BCUT2D eigenvalue weighted by atomic mass is 9.79. The number of rotatable bonds is 14. The number of anilines is 12. The molecule has 0 aliphatic heterocycles. The molecule has 0 bridgehead atoms. The molecule has 0 saturated heterocycles. The summed E-state index contributed by atoms with van der Waals surface area (Å²) in [6, 6.07) is 133. The van der Waals surface area contributed by atoms with Gasteiger partial charge >= 0.3 is 0 Å². The molecule has 0 atom stereocenters. The summed E-state index contributed by atoms with van der Waals surface area (Å²) in [7, 11) is 0. The maximum Gasteiger partial charge on any atom is 0.0468 e. The number of nitrogens with zero attached hydrogens (tertiary/aromatic N) is 4. The van der Waals surface area contributed by atoms with E-state index in [-0.39, 0.29) is 10.8 Å². The molecule has 4 nitrogen and oxygen atoms in total. The van der Waals surface area contributed by atoms with Gasteiger partial charge < -0.3 is 19.6 Å². The van der Waals surface area contributed by atoms with Crippen LogP contribution in [0, 0.1) is 27.7 Å². The van der Waals surface area contributed by atoms with Crippen molar-refractivity contribution in [2.45, 2.75) is 142 Å². The molecule has 0 heterocycles. The molecular formula is C118H104N4. The quantitative estimate of drug-likeness (QED) is 0.101. The molecule has 2 saturated carbocycles. The van der Waals surface area contributed by atoms with Crippen LogP contribution < -0.4 is 19.6 Å². The molecule has 0 spiro atoms. The molecule has 122 heavy (non-hydrogen) atoms. The SMILES string of the molecule is CC1(C)c2cc3cc(N(c4ccccc4)c4ccc(C5CCCCC5)cc4)ccc3cc2-c2c1c1ccc(N(c3ccccc3)c3ccc(C4CCCCC4)cc3)cc1c1ccccc21.Cc1ccc(N(c2ccc(C)cc2)c2ccc3cc4c(cc3c2)C(C)(C)c2c-4c3ccccc3c3cc(N(c4ccc(C)cc4)c4ccc(C)cc4)ccc23)cc1. The molecule has 0 N–H and O–H groups in total. The zero-order chi connectivity index (χ0) is 82.5. The van der Waals surface area contributed by atoms with Gasteiger partial charge in [-0.1, -0.05) is 270 Å². The summed E-state index contributed by atoms with van der Waals surface area (Å²) in [6.45, 7) is 18.3. The Labute approximate surface area is 719 Å². The standard InChI is InChI=1S/C63H58N2.C55H46N2/c1-63(2)60-41-48-39-53(64(49-21-11-5-12-22-49)51-32-27-45(28-33-51)43-17-7-3-8-18-43)36-31-47(48)40-59(60)61-56-26-16-15-25-55(56)58-42-54(37-38-57(58)62(61)63)65(50-23-13-6-14-24-50)52-34-29-46(30-35-52)44-19-9-4-10-20-44;1-35-11-20-41(21-12-35)56(42-22-13-36(2)14-23-42)45-28-19-39-32-51-52(33-40(39)31-45)55(5,6)54-49-30-29-46(34-50(49)47-9-7-8-10-48(47)53(51)54)57(43-24-15-37(3)16-25-43)44-26-17-38(4)18-27-44/h5-6,11-16,21-44H,3-4,7-10,17-20H2,1-2H3;7-34H,1-6H3. The molecule has 0 amide bonds. The van der Waals surface area contributed by atoms with E-state index in [0.29, 0.717) is 11.8 Å². The summed E-state index contributed by atoms with van der Waals surface area (Å²) in [4.78, 5) is 9.64. The van der Waals surface area contributed by atoms with E-state index in [1.807, 2.05) is 0 Å². The Hall–Kier alpha value is -13.3. The van der Waals surface area contributed by atoms with Gasteiger partial charge in [-0.3, -0.25) is 0 Å². The van der Waals surface area contributed by atoms with Gasteiger partial charge in [0.2, 0.25) is 0 Å². The topological polar surface area (TPSA) is 13.0 Å². The van der Waals surface area contributed by atoms with Gasteiger partial charge in [0, 0.05) is 79.1 Å². The van der Waals surface area contributed by atoms with Crippen LogP contribution in [0.1, 0.15) is 159 Å². The van der Waals surface area contributed by atoms with Crippen molar-refractivity contribution in [3.8, 4) is 22.3 Å². The van der Waals surface area contributed by atoms with E-state index >= 15 is 0 Å². The number of hydrogen-bond donors (Lipinski definition) is 0. The van der Waals surface area contributed by atoms with E-state index < -0.39 is 0 Å². The fraction of sp³-hybridized carbons (Fsp3) is 0.186. The zero-order valence-electron chi connectivity index (χ0n) is 71.5. The van der Waals surface area contributed by atoms with Gasteiger partial charge in [-0.25, -0.2) is 0 Å².